The van der Waals surface area contributed by atoms with Crippen molar-refractivity contribution in [2.24, 2.45) is 22.2 Å². The van der Waals surface area contributed by atoms with E-state index in [-0.39, 0.29) is 90.8 Å². The molecule has 2 bridgehead atoms. The summed E-state index contributed by atoms with van der Waals surface area (Å²) in [6.45, 7) is 15.8. The molecule has 4 atom stereocenters. The molecular weight excluding hydrogens is 1190 g/mol. The number of hydrogen-bond acceptors (Lipinski definition) is 15. The molecule has 5 N–H and O–H groups in total. The number of likely N-dealkylation sites (N-methyl/N-ethyl adjacent to an activating group) is 1. The molecule has 4 aromatic heterocycles. The topological polar surface area (TPSA) is 286 Å². The van der Waals surface area contributed by atoms with Crippen LogP contribution < -0.4 is 21.3 Å². The first-order valence-corrected chi connectivity index (χ1v) is 31.9. The van der Waals surface area contributed by atoms with Crippen LogP contribution in [0.5, 0.6) is 0 Å². The molecule has 7 aromatic rings. The van der Waals surface area contributed by atoms with Crippen LogP contribution in [-0.4, -0.2) is 132 Å². The number of benzene rings is 3. The first-order valence-electron chi connectivity index (χ1n) is 31.1. The van der Waals surface area contributed by atoms with E-state index in [9.17, 15) is 43.5 Å². The maximum absolute atomic E-state index is 13.7. The van der Waals surface area contributed by atoms with Crippen molar-refractivity contribution in [1.82, 2.24) is 45.2 Å². The highest BCUT2D eigenvalue weighted by molar-refractivity contribution is 7.22. The molecule has 0 spiro atoms. The fourth-order valence-corrected chi connectivity index (χ4v) is 15.1. The lowest BCUT2D eigenvalue weighted by Crippen LogP contribution is -2.57. The molecule has 10 rings (SSSR count). The average Bonchev–Trinajstić information content (AvgIpc) is 1.09. The summed E-state index contributed by atoms with van der Waals surface area (Å²) in [7, 11) is 1.67. The van der Waals surface area contributed by atoms with Crippen LogP contribution in [0.25, 0.3) is 43.4 Å². The molecule has 92 heavy (non-hydrogen) atoms. The van der Waals surface area contributed by atoms with Crippen molar-refractivity contribution in [3.63, 3.8) is 0 Å². The highest BCUT2D eigenvalue weighted by Crippen LogP contribution is 2.63. The fraction of sp³-hybridized carbons (Fsp3) is 0.420. The molecule has 482 valence electrons. The number of nitrogens with one attached hydrogen (secondary N) is 4. The first-order chi connectivity index (χ1) is 43.8. The largest absolute Gasteiger partial charge is 0.476 e. The predicted molar refractivity (Wildman–Crippen MR) is 349 cm³/mol. The number of aromatic carboxylic acids is 1. The summed E-state index contributed by atoms with van der Waals surface area (Å²) in [5, 5.41) is 28.4. The predicted octanol–water partition coefficient (Wildman–Crippen LogP) is 10.8. The van der Waals surface area contributed by atoms with Gasteiger partial charge >= 0.3 is 12.1 Å². The molecule has 1 aliphatic heterocycles. The second-order valence-electron chi connectivity index (χ2n) is 26.7. The van der Waals surface area contributed by atoms with Crippen molar-refractivity contribution < 1.29 is 52.9 Å². The Morgan fingerprint density at radius 2 is 1.57 bits per heavy atom. The minimum atomic E-state index is -1.19. The molecule has 3 aliphatic rings. The van der Waals surface area contributed by atoms with Gasteiger partial charge < -0.3 is 35.4 Å². The van der Waals surface area contributed by atoms with Gasteiger partial charge in [0.05, 0.1) is 46.4 Å². The summed E-state index contributed by atoms with van der Waals surface area (Å²) in [5.74, 6) is -3.79. The van der Waals surface area contributed by atoms with Gasteiger partial charge in [0.25, 0.3) is 17.7 Å². The normalized spacial score (nSPS) is 19.5. The summed E-state index contributed by atoms with van der Waals surface area (Å²) in [5.41, 5.74) is 4.28. The van der Waals surface area contributed by atoms with Gasteiger partial charge in [-0.05, 0) is 127 Å². The zero-order valence-corrected chi connectivity index (χ0v) is 54.0. The van der Waals surface area contributed by atoms with Crippen molar-refractivity contribution in [2.75, 3.05) is 43.9 Å². The number of carboxylic acid groups (broad SMARTS) is 1. The highest BCUT2D eigenvalue weighted by Gasteiger charge is 2.58. The molecule has 3 aromatic carbocycles. The van der Waals surface area contributed by atoms with Crippen LogP contribution in [0.15, 0.2) is 110 Å². The number of amides is 7. The number of carbonyl (C=O) groups is 8. The third-order valence-corrected chi connectivity index (χ3v) is 18.5. The smallest absolute Gasteiger partial charge is 0.409 e. The van der Waals surface area contributed by atoms with E-state index in [1.54, 1.807) is 69.7 Å². The Bertz CT molecular complexity index is 3970. The van der Waals surface area contributed by atoms with Gasteiger partial charge in [-0.25, -0.2) is 19.6 Å². The van der Waals surface area contributed by atoms with Crippen molar-refractivity contribution in [2.45, 2.75) is 131 Å². The Hall–Kier alpha value is -9.22. The minimum Gasteiger partial charge on any atom is -0.476 e. The van der Waals surface area contributed by atoms with Crippen molar-refractivity contribution in [3.05, 3.63) is 132 Å². The molecule has 7 amide bonds. The van der Waals surface area contributed by atoms with Crippen LogP contribution in [0.4, 0.5) is 15.6 Å². The number of para-hydroxylation sites is 1. The molecule has 5 heterocycles. The molecule has 2 fully saturated rings. The van der Waals surface area contributed by atoms with E-state index < -0.39 is 35.5 Å². The number of carbonyl (C=O) groups excluding carboxylic acids is 7. The Morgan fingerprint density at radius 3 is 2.30 bits per heavy atom. The van der Waals surface area contributed by atoms with E-state index in [0.29, 0.717) is 75.5 Å². The van der Waals surface area contributed by atoms with Gasteiger partial charge in [-0.2, -0.15) is 5.10 Å². The van der Waals surface area contributed by atoms with Crippen LogP contribution in [0, 0.1) is 29.1 Å². The van der Waals surface area contributed by atoms with Crippen LogP contribution in [0.1, 0.15) is 131 Å². The number of unbranched alkanes of at least 4 members (excludes halogenated alkanes) is 2. The number of carboxylic acids is 1. The van der Waals surface area contributed by atoms with Crippen LogP contribution >= 0.6 is 11.3 Å². The number of pyridine rings is 2. The van der Waals surface area contributed by atoms with Gasteiger partial charge in [0.2, 0.25) is 17.7 Å². The van der Waals surface area contributed by atoms with Gasteiger partial charge in [-0.15, -0.1) is 0 Å². The number of imide groups is 1. The van der Waals surface area contributed by atoms with Crippen molar-refractivity contribution in [3.8, 4) is 22.4 Å². The summed E-state index contributed by atoms with van der Waals surface area (Å²) < 4.78 is 15.6. The number of hydrogen-bond donors (Lipinski definition) is 5. The monoisotopic (exact) mass is 1270 g/mol. The van der Waals surface area contributed by atoms with Gasteiger partial charge in [0.1, 0.15) is 12.6 Å². The number of nitrogens with zero attached hydrogens (tertiary/aromatic N) is 7. The molecule has 0 saturated heterocycles. The number of rotatable bonds is 25. The quantitative estimate of drug-likeness (QED) is 0.0263. The van der Waals surface area contributed by atoms with E-state index in [4.69, 9.17) is 19.6 Å². The zero-order chi connectivity index (χ0) is 65.7. The standard InChI is InChI=1S/C69H79N11O11S/c1-42(2)59(76-55(81)16-10-9-13-27-79-57(83)25-26-58(79)84)62(86)71-34-56(82)73-47-21-17-44(18-22-47)35-90-65(89)78(8)28-29-91-69-37-66(4,5)36-67(6,39-69)38-68(7,40-69)41-80-43(3)50(33-72-80)48-23-24-52(74-60(48)63(87)88)45-19-20-46-31-70-32-51(49(46)30-45)61(85)77-64-75-53-14-11-12-15-54(53)92-64/h11-12,14-15,17-26,30-33,42,59H,9-10,13,16,27-29,34-41H2,1-8H3,(H,71,86)(H,73,82)(H,76,81)(H,87,88)(H,75,77,85). The van der Waals surface area contributed by atoms with Crippen molar-refractivity contribution >= 4 is 90.7 Å². The zero-order valence-electron chi connectivity index (χ0n) is 53.2. The van der Waals surface area contributed by atoms with Gasteiger partial charge in [-0.1, -0.05) is 95.7 Å². The number of ether oxygens (including phenoxy) is 2. The Balaban J connectivity index is 0.704. The second-order valence-corrected chi connectivity index (χ2v) is 27.7. The molecule has 0 radical (unpaired) electrons. The Kier molecular flexibility index (Phi) is 19.5. The van der Waals surface area contributed by atoms with Crippen molar-refractivity contribution in [1.29, 1.82) is 0 Å². The molecule has 2 saturated carbocycles. The molecular formula is C69H79N11O11S. The van der Waals surface area contributed by atoms with E-state index in [1.807, 2.05) is 54.1 Å². The minimum absolute atomic E-state index is 0.00393. The molecule has 23 heteroatoms. The third-order valence-electron chi connectivity index (χ3n) is 17.5. The summed E-state index contributed by atoms with van der Waals surface area (Å²) in [6, 6.07) is 22.6. The number of fused-ring (bicyclic) bond motifs is 4. The lowest BCUT2D eigenvalue weighted by molar-refractivity contribution is -0.194. The number of anilines is 2. The van der Waals surface area contributed by atoms with Crippen LogP contribution in [0.3, 0.4) is 0 Å². The maximum atomic E-state index is 13.7. The van der Waals surface area contributed by atoms with E-state index >= 15 is 0 Å². The maximum Gasteiger partial charge on any atom is 0.409 e. The number of aromatic nitrogens is 5. The second kappa shape index (κ2) is 27.3. The molecule has 2 aliphatic carbocycles. The first kappa shape index (κ1) is 65.7. The SMILES string of the molecule is Cc1c(-c2ccc(-c3ccc4cncc(C(=O)Nc5nc6ccccc6s5)c4c3)nc2C(=O)O)cnn1CC1(C)CC2(C)CC(C)(C)CC(OCCN(C)C(=O)OCc3ccc(NC(=O)CNC(=O)C(NC(=O)CCCCCN4C(=O)C=CC4=O)C(C)C)cc3)(C1)C2. The highest BCUT2D eigenvalue weighted by atomic mass is 32.1. The number of thiazole rings is 1. The third kappa shape index (κ3) is 15.6. The van der Waals surface area contributed by atoms with E-state index in [0.717, 1.165) is 58.3 Å². The van der Waals surface area contributed by atoms with Gasteiger partial charge in [0.15, 0.2) is 10.8 Å². The molecule has 22 nitrogen and oxygen atoms in total. The lowest BCUT2D eigenvalue weighted by Gasteiger charge is -2.61. The van der Waals surface area contributed by atoms with Crippen LogP contribution in [0.2, 0.25) is 0 Å². The Labute approximate surface area is 537 Å². The fourth-order valence-electron chi connectivity index (χ4n) is 14.3. The van der Waals surface area contributed by atoms with E-state index in [1.165, 1.54) is 34.6 Å². The average molecular weight is 1270 g/mol. The molecule has 4 unspecified atom stereocenters. The summed E-state index contributed by atoms with van der Waals surface area (Å²) >= 11 is 1.38. The van der Waals surface area contributed by atoms with Gasteiger partial charge in [0, 0.05) is 91.1 Å². The van der Waals surface area contributed by atoms with Crippen LogP contribution in [-0.2, 0) is 46.6 Å². The Morgan fingerprint density at radius 1 is 0.804 bits per heavy atom. The lowest BCUT2D eigenvalue weighted by atomic mass is 9.48. The van der Waals surface area contributed by atoms with E-state index in [2.05, 4.69) is 58.9 Å². The summed E-state index contributed by atoms with van der Waals surface area (Å²) in [6.07, 6.45) is 13.1. The van der Waals surface area contributed by atoms with Gasteiger partial charge in [-0.3, -0.25) is 48.6 Å². The summed E-state index contributed by atoms with van der Waals surface area (Å²) in [4.78, 5) is 119.